The first-order valence-corrected chi connectivity index (χ1v) is 13.6. The molecule has 1 atom stereocenters. The second-order valence-electron chi connectivity index (χ2n) is 9.73. The van der Waals surface area contributed by atoms with Crippen molar-refractivity contribution in [2.75, 3.05) is 13.1 Å². The van der Waals surface area contributed by atoms with Crippen molar-refractivity contribution >= 4 is 30.0 Å². The average Bonchev–Trinajstić information content (AvgIpc) is 3.38. The standard InChI is InChI=1S/C32H35N5O4.ClH/c1-4-36(5-2)21-24-11-15-26(16-12-24)41-27-17-13-25(14-18-27)37-29(19-22(3)35-37)32(40)34-28(30(38)31(33)39)20-23-9-7-6-8-10-23;/h6-19,28H,4-5,20-21H2,1-3H3,(H2,33,39)(H,34,40);1H. The van der Waals surface area contributed by atoms with Gasteiger partial charge in [-0.05, 0) is 73.6 Å². The van der Waals surface area contributed by atoms with E-state index in [4.69, 9.17) is 10.5 Å². The van der Waals surface area contributed by atoms with E-state index in [-0.39, 0.29) is 24.5 Å². The van der Waals surface area contributed by atoms with Crippen molar-refractivity contribution in [3.63, 3.8) is 0 Å². The summed E-state index contributed by atoms with van der Waals surface area (Å²) in [7, 11) is 0. The number of aromatic nitrogens is 2. The Hall–Kier alpha value is -4.47. The quantitative estimate of drug-likeness (QED) is 0.219. The lowest BCUT2D eigenvalue weighted by Crippen LogP contribution is -2.47. The monoisotopic (exact) mass is 589 g/mol. The van der Waals surface area contributed by atoms with E-state index in [1.807, 2.05) is 42.5 Å². The topological polar surface area (TPSA) is 120 Å². The first-order chi connectivity index (χ1) is 19.8. The Kier molecular flexibility index (Phi) is 11.4. The number of rotatable bonds is 13. The highest BCUT2D eigenvalue weighted by Gasteiger charge is 2.27. The predicted molar refractivity (Wildman–Crippen MR) is 164 cm³/mol. The summed E-state index contributed by atoms with van der Waals surface area (Å²) in [5.74, 6) is -1.17. The molecule has 2 amide bonds. The van der Waals surface area contributed by atoms with Gasteiger partial charge in [-0.2, -0.15) is 5.10 Å². The van der Waals surface area contributed by atoms with Crippen molar-refractivity contribution < 1.29 is 19.1 Å². The highest BCUT2D eigenvalue weighted by atomic mass is 35.5. The molecule has 10 heteroatoms. The van der Waals surface area contributed by atoms with E-state index in [0.717, 1.165) is 30.9 Å². The van der Waals surface area contributed by atoms with Crippen molar-refractivity contribution in [1.29, 1.82) is 0 Å². The van der Waals surface area contributed by atoms with Gasteiger partial charge in [0.05, 0.1) is 11.4 Å². The molecule has 0 spiro atoms. The third kappa shape index (κ3) is 8.28. The average molecular weight is 590 g/mol. The van der Waals surface area contributed by atoms with Crippen LogP contribution in [0.4, 0.5) is 0 Å². The number of nitrogens with two attached hydrogens (primary N) is 1. The number of amides is 2. The number of hydrogen-bond acceptors (Lipinski definition) is 6. The smallest absolute Gasteiger partial charge is 0.287 e. The minimum atomic E-state index is -1.11. The van der Waals surface area contributed by atoms with Crippen LogP contribution < -0.4 is 15.8 Å². The van der Waals surface area contributed by atoms with E-state index in [1.165, 1.54) is 10.2 Å². The van der Waals surface area contributed by atoms with Crippen molar-refractivity contribution in [3.8, 4) is 17.2 Å². The summed E-state index contributed by atoms with van der Waals surface area (Å²) in [5, 5.41) is 7.14. The fourth-order valence-corrected chi connectivity index (χ4v) is 4.48. The van der Waals surface area contributed by atoms with Crippen molar-refractivity contribution in [2.24, 2.45) is 5.73 Å². The molecular formula is C32H36ClN5O4. The van der Waals surface area contributed by atoms with E-state index in [1.54, 1.807) is 37.3 Å². The van der Waals surface area contributed by atoms with Gasteiger partial charge in [0.2, 0.25) is 5.78 Å². The third-order valence-electron chi connectivity index (χ3n) is 6.75. The molecule has 1 heterocycles. The number of benzene rings is 3. The van der Waals surface area contributed by atoms with Crippen LogP contribution in [0, 0.1) is 6.92 Å². The molecule has 0 bridgehead atoms. The van der Waals surface area contributed by atoms with Crippen molar-refractivity contribution in [1.82, 2.24) is 20.0 Å². The second-order valence-corrected chi connectivity index (χ2v) is 9.73. The Bertz CT molecular complexity index is 1480. The lowest BCUT2D eigenvalue weighted by atomic mass is 10.0. The molecule has 4 aromatic rings. The van der Waals surface area contributed by atoms with E-state index < -0.39 is 23.6 Å². The molecule has 1 unspecified atom stereocenters. The minimum Gasteiger partial charge on any atom is -0.457 e. The summed E-state index contributed by atoms with van der Waals surface area (Å²) in [6.45, 7) is 8.96. The maximum absolute atomic E-state index is 13.3. The number of nitrogens with zero attached hydrogens (tertiary/aromatic N) is 3. The molecule has 0 saturated heterocycles. The van der Waals surface area contributed by atoms with Crippen LogP contribution in [0.15, 0.2) is 84.9 Å². The van der Waals surface area contributed by atoms with E-state index in [0.29, 0.717) is 17.1 Å². The summed E-state index contributed by atoms with van der Waals surface area (Å²) in [4.78, 5) is 39.9. The van der Waals surface area contributed by atoms with Crippen molar-refractivity contribution in [3.05, 3.63) is 107 Å². The van der Waals surface area contributed by atoms with Gasteiger partial charge >= 0.3 is 0 Å². The number of primary amides is 1. The van der Waals surface area contributed by atoms with Crippen LogP contribution in [0.2, 0.25) is 0 Å². The minimum absolute atomic E-state index is 0. The number of halogens is 1. The second kappa shape index (κ2) is 15.0. The number of ether oxygens (including phenoxy) is 1. The molecule has 3 N–H and O–H groups in total. The Morgan fingerprint density at radius 2 is 1.50 bits per heavy atom. The molecular weight excluding hydrogens is 554 g/mol. The van der Waals surface area contributed by atoms with Crippen LogP contribution in [0.25, 0.3) is 5.69 Å². The molecule has 220 valence electrons. The maximum atomic E-state index is 13.3. The summed E-state index contributed by atoms with van der Waals surface area (Å²) < 4.78 is 7.51. The maximum Gasteiger partial charge on any atom is 0.287 e. The third-order valence-corrected chi connectivity index (χ3v) is 6.75. The molecule has 0 aliphatic rings. The Balaban J connectivity index is 0.00000484. The molecule has 3 aromatic carbocycles. The molecule has 4 rings (SSSR count). The summed E-state index contributed by atoms with van der Waals surface area (Å²) in [6, 6.07) is 24.8. The predicted octanol–water partition coefficient (Wildman–Crippen LogP) is 4.63. The zero-order chi connectivity index (χ0) is 29.4. The van der Waals surface area contributed by atoms with E-state index >= 15 is 0 Å². The molecule has 0 aliphatic heterocycles. The number of Topliss-reactive ketones (excluding diaryl/α,β-unsaturated/α-hetero) is 1. The van der Waals surface area contributed by atoms with Gasteiger partial charge in [-0.3, -0.25) is 19.3 Å². The zero-order valence-corrected chi connectivity index (χ0v) is 24.8. The van der Waals surface area contributed by atoms with Crippen LogP contribution in [0.3, 0.4) is 0 Å². The van der Waals surface area contributed by atoms with Gasteiger partial charge in [-0.15, -0.1) is 12.4 Å². The number of ketones is 1. The summed E-state index contributed by atoms with van der Waals surface area (Å²) >= 11 is 0. The van der Waals surface area contributed by atoms with Gasteiger partial charge in [-0.25, -0.2) is 4.68 Å². The SMILES string of the molecule is CCN(CC)Cc1ccc(Oc2ccc(-n3nc(C)cc3C(=O)NC(Cc3ccccc3)C(=O)C(N)=O)cc2)cc1.Cl. The van der Waals surface area contributed by atoms with Crippen LogP contribution in [0.1, 0.15) is 41.2 Å². The number of hydrogen-bond donors (Lipinski definition) is 2. The number of aryl methyl sites for hydroxylation is 1. The van der Waals surface area contributed by atoms with Gasteiger partial charge in [-0.1, -0.05) is 56.3 Å². The van der Waals surface area contributed by atoms with Crippen LogP contribution in [-0.2, 0) is 22.6 Å². The Morgan fingerprint density at radius 1 is 0.905 bits per heavy atom. The zero-order valence-electron chi connectivity index (χ0n) is 23.9. The van der Waals surface area contributed by atoms with E-state index in [9.17, 15) is 14.4 Å². The molecule has 1 aromatic heterocycles. The molecule has 9 nitrogen and oxygen atoms in total. The first-order valence-electron chi connectivity index (χ1n) is 13.6. The normalized spacial score (nSPS) is 11.4. The largest absolute Gasteiger partial charge is 0.457 e. The number of carbonyl (C=O) groups is 3. The summed E-state index contributed by atoms with van der Waals surface area (Å²) in [5.41, 5.74) is 8.73. The number of nitrogens with one attached hydrogen (secondary N) is 1. The Labute approximate surface area is 252 Å². The molecule has 42 heavy (non-hydrogen) atoms. The number of carbonyl (C=O) groups excluding carboxylic acids is 3. The van der Waals surface area contributed by atoms with Crippen LogP contribution in [-0.4, -0.2) is 51.4 Å². The van der Waals surface area contributed by atoms with E-state index in [2.05, 4.69) is 41.3 Å². The van der Waals surface area contributed by atoms with Gasteiger partial charge in [0.1, 0.15) is 23.2 Å². The van der Waals surface area contributed by atoms with Gasteiger partial charge in [0.15, 0.2) is 0 Å². The van der Waals surface area contributed by atoms with Gasteiger partial charge < -0.3 is 15.8 Å². The van der Waals surface area contributed by atoms with Gasteiger partial charge in [0, 0.05) is 13.0 Å². The highest BCUT2D eigenvalue weighted by molar-refractivity contribution is 6.38. The fourth-order valence-electron chi connectivity index (χ4n) is 4.48. The fraction of sp³-hybridized carbons (Fsp3) is 0.250. The van der Waals surface area contributed by atoms with Crippen molar-refractivity contribution in [2.45, 2.75) is 39.8 Å². The van der Waals surface area contributed by atoms with Gasteiger partial charge in [0.25, 0.3) is 11.8 Å². The molecule has 0 fully saturated rings. The lowest BCUT2D eigenvalue weighted by molar-refractivity contribution is -0.137. The highest BCUT2D eigenvalue weighted by Crippen LogP contribution is 2.24. The molecule has 0 radical (unpaired) electrons. The summed E-state index contributed by atoms with van der Waals surface area (Å²) in [6.07, 6.45) is 0.129. The first kappa shape index (κ1) is 32.0. The lowest BCUT2D eigenvalue weighted by Gasteiger charge is -2.18. The van der Waals surface area contributed by atoms with Crippen LogP contribution in [0.5, 0.6) is 11.5 Å². The Morgan fingerprint density at radius 3 is 2.07 bits per heavy atom. The molecule has 0 saturated carbocycles. The van der Waals surface area contributed by atoms with Crippen LogP contribution >= 0.6 is 12.4 Å². The molecule has 0 aliphatic carbocycles.